The van der Waals surface area contributed by atoms with Crippen LogP contribution in [0.4, 0.5) is 13.2 Å². The maximum absolute atomic E-state index is 12.6. The molecule has 0 N–H and O–H groups in total. The topological polar surface area (TPSA) is 68.1 Å². The van der Waals surface area contributed by atoms with E-state index in [1.54, 1.807) is 17.2 Å². The smallest absolute Gasteiger partial charge is 0.207 e. The summed E-state index contributed by atoms with van der Waals surface area (Å²) in [6.07, 6.45) is -0.267. The van der Waals surface area contributed by atoms with Crippen molar-refractivity contribution < 1.29 is 21.6 Å². The lowest BCUT2D eigenvalue weighted by molar-refractivity contribution is -0.137. The molecule has 1 fully saturated rings. The van der Waals surface area contributed by atoms with Crippen molar-refractivity contribution in [2.75, 3.05) is 13.1 Å². The van der Waals surface area contributed by atoms with Crippen molar-refractivity contribution in [3.8, 4) is 0 Å². The molecule has 1 aromatic heterocycles. The van der Waals surface area contributed by atoms with Crippen molar-refractivity contribution in [3.05, 3.63) is 42.2 Å². The summed E-state index contributed by atoms with van der Waals surface area (Å²) in [6, 6.07) is 3.60. The average Bonchev–Trinajstić information content (AvgIpc) is 3.09. The number of hydrogen-bond acceptors (Lipinski definition) is 4. The van der Waals surface area contributed by atoms with E-state index < -0.39 is 21.8 Å². The second-order valence-corrected chi connectivity index (χ2v) is 7.44. The van der Waals surface area contributed by atoms with Crippen LogP contribution in [-0.2, 0) is 16.2 Å². The van der Waals surface area contributed by atoms with E-state index in [0.29, 0.717) is 12.8 Å². The molecule has 2 aromatic rings. The molecule has 0 bridgehead atoms. The zero-order chi connectivity index (χ0) is 17.4. The Morgan fingerprint density at radius 3 is 2.04 bits per heavy atom. The molecule has 0 atom stereocenters. The quantitative estimate of drug-likeness (QED) is 0.842. The third-order valence-electron chi connectivity index (χ3n) is 4.01. The summed E-state index contributed by atoms with van der Waals surface area (Å²) in [5.41, 5.74) is -0.870. The molecule has 1 aliphatic heterocycles. The highest BCUT2D eigenvalue weighted by Gasteiger charge is 2.33. The number of hydrogen-bond donors (Lipinski definition) is 0. The Morgan fingerprint density at radius 2 is 1.54 bits per heavy atom. The molecule has 10 heteroatoms. The molecule has 1 aliphatic rings. The summed E-state index contributed by atoms with van der Waals surface area (Å²) in [5, 5.41) is 8.10. The fourth-order valence-electron chi connectivity index (χ4n) is 2.69. The van der Waals surface area contributed by atoms with Crippen LogP contribution in [0.25, 0.3) is 0 Å². The van der Waals surface area contributed by atoms with E-state index in [1.165, 1.54) is 4.31 Å². The van der Waals surface area contributed by atoms with Crippen molar-refractivity contribution in [1.82, 2.24) is 19.3 Å². The summed E-state index contributed by atoms with van der Waals surface area (Å²) in [4.78, 5) is 1.42. The van der Waals surface area contributed by atoms with Crippen LogP contribution in [0.2, 0.25) is 0 Å². The first-order valence-corrected chi connectivity index (χ1v) is 8.76. The molecule has 130 valence electrons. The molecule has 24 heavy (non-hydrogen) atoms. The summed E-state index contributed by atoms with van der Waals surface area (Å²) < 4.78 is 64.1. The Morgan fingerprint density at radius 1 is 1.00 bits per heavy atom. The first-order chi connectivity index (χ1) is 11.3. The van der Waals surface area contributed by atoms with Gasteiger partial charge in [-0.3, -0.25) is 0 Å². The number of benzene rings is 1. The number of piperidine rings is 1. The van der Waals surface area contributed by atoms with E-state index in [2.05, 4.69) is 10.2 Å². The van der Waals surface area contributed by atoms with Crippen molar-refractivity contribution in [3.63, 3.8) is 0 Å². The van der Waals surface area contributed by atoms with E-state index in [1.807, 2.05) is 0 Å². The Kier molecular flexibility index (Phi) is 4.35. The van der Waals surface area contributed by atoms with Gasteiger partial charge in [-0.15, -0.1) is 0 Å². The van der Waals surface area contributed by atoms with Crippen LogP contribution >= 0.6 is 0 Å². The van der Waals surface area contributed by atoms with Gasteiger partial charge in [-0.25, -0.2) is 8.42 Å². The summed E-state index contributed by atoms with van der Waals surface area (Å²) in [6.45, 7) is 0.547. The van der Waals surface area contributed by atoms with Crippen molar-refractivity contribution in [2.24, 2.45) is 0 Å². The van der Waals surface area contributed by atoms with Crippen LogP contribution in [-0.4, -0.2) is 40.8 Å². The van der Waals surface area contributed by atoms with E-state index in [4.69, 9.17) is 0 Å². The Bertz CT molecular complexity index is 780. The molecular formula is C14H15F3N4O2S. The highest BCUT2D eigenvalue weighted by Crippen LogP contribution is 2.31. The molecule has 2 heterocycles. The standard InChI is InChI=1S/C14H15F3N4O2S/c15-14(16,17)11-1-3-13(4-2-11)24(22,23)20-9-5-12(6-10-20)21-18-7-8-19-21/h1-4,7-8,12H,5-6,9-10H2. The Labute approximate surface area is 136 Å². The second kappa shape index (κ2) is 6.17. The summed E-state index contributed by atoms with van der Waals surface area (Å²) >= 11 is 0. The lowest BCUT2D eigenvalue weighted by Crippen LogP contribution is -2.39. The lowest BCUT2D eigenvalue weighted by Gasteiger charge is -2.30. The summed E-state index contributed by atoms with van der Waals surface area (Å²) in [7, 11) is -3.80. The first kappa shape index (κ1) is 16.9. The molecular weight excluding hydrogens is 345 g/mol. The third kappa shape index (κ3) is 3.29. The lowest BCUT2D eigenvalue weighted by atomic mass is 10.1. The highest BCUT2D eigenvalue weighted by atomic mass is 32.2. The van der Waals surface area contributed by atoms with Gasteiger partial charge in [0.05, 0.1) is 28.9 Å². The molecule has 3 rings (SSSR count). The number of sulfonamides is 1. The minimum absolute atomic E-state index is 0.0269. The maximum atomic E-state index is 12.6. The zero-order valence-corrected chi connectivity index (χ0v) is 13.3. The molecule has 0 spiro atoms. The monoisotopic (exact) mass is 360 g/mol. The maximum Gasteiger partial charge on any atom is 0.416 e. The van der Waals surface area contributed by atoms with Gasteiger partial charge in [0.25, 0.3) is 0 Å². The molecule has 0 unspecified atom stereocenters. The van der Waals surface area contributed by atoms with Gasteiger partial charge in [0, 0.05) is 13.1 Å². The minimum Gasteiger partial charge on any atom is -0.207 e. The van der Waals surface area contributed by atoms with Crippen LogP contribution in [0.15, 0.2) is 41.6 Å². The van der Waals surface area contributed by atoms with Crippen molar-refractivity contribution in [2.45, 2.75) is 30.0 Å². The van der Waals surface area contributed by atoms with Crippen LogP contribution in [0, 0.1) is 0 Å². The molecule has 0 amide bonds. The molecule has 1 aromatic carbocycles. The van der Waals surface area contributed by atoms with Gasteiger partial charge in [-0.2, -0.15) is 32.5 Å². The molecule has 0 aliphatic carbocycles. The largest absolute Gasteiger partial charge is 0.416 e. The van der Waals surface area contributed by atoms with Crippen molar-refractivity contribution >= 4 is 10.0 Å². The van der Waals surface area contributed by atoms with Crippen LogP contribution in [0.1, 0.15) is 24.4 Å². The van der Waals surface area contributed by atoms with Gasteiger partial charge in [0.1, 0.15) is 0 Å². The van der Waals surface area contributed by atoms with Crippen molar-refractivity contribution in [1.29, 1.82) is 0 Å². The number of alkyl halides is 3. The molecule has 6 nitrogen and oxygen atoms in total. The molecule has 1 saturated heterocycles. The minimum atomic E-state index is -4.49. The average molecular weight is 360 g/mol. The van der Waals surface area contributed by atoms with E-state index in [-0.39, 0.29) is 24.0 Å². The number of halogens is 3. The van der Waals surface area contributed by atoms with E-state index in [9.17, 15) is 21.6 Å². The van der Waals surface area contributed by atoms with Gasteiger partial charge < -0.3 is 0 Å². The zero-order valence-electron chi connectivity index (χ0n) is 12.5. The predicted octanol–water partition coefficient (Wildman–Crippen LogP) is 2.32. The summed E-state index contributed by atoms with van der Waals surface area (Å²) in [5.74, 6) is 0. The third-order valence-corrected chi connectivity index (χ3v) is 5.92. The molecule has 0 radical (unpaired) electrons. The van der Waals surface area contributed by atoms with E-state index in [0.717, 1.165) is 24.3 Å². The predicted molar refractivity (Wildman–Crippen MR) is 78.5 cm³/mol. The fourth-order valence-corrected chi connectivity index (χ4v) is 4.16. The van der Waals surface area contributed by atoms with Gasteiger partial charge in [-0.05, 0) is 37.1 Å². The Hall–Kier alpha value is -1.94. The van der Waals surface area contributed by atoms with Gasteiger partial charge in [-0.1, -0.05) is 0 Å². The van der Waals surface area contributed by atoms with Crippen LogP contribution < -0.4 is 0 Å². The van der Waals surface area contributed by atoms with Crippen LogP contribution in [0.3, 0.4) is 0 Å². The van der Waals surface area contributed by atoms with Gasteiger partial charge in [0.15, 0.2) is 0 Å². The van der Waals surface area contributed by atoms with Gasteiger partial charge >= 0.3 is 6.18 Å². The SMILES string of the molecule is O=S(=O)(c1ccc(C(F)(F)F)cc1)N1CCC(n2nccn2)CC1. The number of rotatable bonds is 3. The second-order valence-electron chi connectivity index (χ2n) is 5.51. The highest BCUT2D eigenvalue weighted by molar-refractivity contribution is 7.89. The number of aromatic nitrogens is 3. The van der Waals surface area contributed by atoms with Gasteiger partial charge in [0.2, 0.25) is 10.0 Å². The molecule has 0 saturated carbocycles. The Balaban J connectivity index is 1.72. The number of nitrogens with zero attached hydrogens (tertiary/aromatic N) is 4. The van der Waals surface area contributed by atoms with Crippen LogP contribution in [0.5, 0.6) is 0 Å². The fraction of sp³-hybridized carbons (Fsp3) is 0.429. The first-order valence-electron chi connectivity index (χ1n) is 7.32. The van der Waals surface area contributed by atoms with E-state index >= 15 is 0 Å². The normalized spacial score (nSPS) is 18.0.